The van der Waals surface area contributed by atoms with Gasteiger partial charge in [-0.15, -0.1) is 11.3 Å². The molecule has 0 radical (unpaired) electrons. The van der Waals surface area contributed by atoms with Crippen LogP contribution < -0.4 is 9.08 Å². The van der Waals surface area contributed by atoms with Gasteiger partial charge in [0.15, 0.2) is 5.75 Å². The van der Waals surface area contributed by atoms with Gasteiger partial charge >= 0.3 is 15.6 Å². The monoisotopic (exact) mass is 664 g/mol. The highest BCUT2D eigenvalue weighted by Crippen LogP contribution is 2.49. The maximum Gasteiger partial charge on any atom is 0.534 e. The van der Waals surface area contributed by atoms with Crippen molar-refractivity contribution in [1.29, 1.82) is 0 Å². The topological polar surface area (TPSA) is 51.5 Å². The summed E-state index contributed by atoms with van der Waals surface area (Å²) >= 11 is 1.18. The molecule has 0 atom stereocenters. The predicted octanol–water partition coefficient (Wildman–Crippen LogP) is 10.8. The van der Waals surface area contributed by atoms with Crippen molar-refractivity contribution >= 4 is 80.5 Å². The summed E-state index contributed by atoms with van der Waals surface area (Å²) in [6.45, 7) is 0. The number of alkyl halides is 3. The molecule has 0 saturated carbocycles. The second-order valence-corrected chi connectivity index (χ2v) is 13.5. The minimum Gasteiger partial charge on any atom is -0.374 e. The number of thiophene rings is 1. The van der Waals surface area contributed by atoms with E-state index in [-0.39, 0.29) is 4.70 Å². The molecule has 0 aliphatic carbocycles. The molecular formula is C37H23F3N2O3S2. The summed E-state index contributed by atoms with van der Waals surface area (Å²) in [5.74, 6) is -0.394. The van der Waals surface area contributed by atoms with Crippen LogP contribution in [0.1, 0.15) is 0 Å². The molecule has 0 N–H and O–H groups in total. The molecule has 6 aromatic carbocycles. The Labute approximate surface area is 271 Å². The van der Waals surface area contributed by atoms with Crippen LogP contribution in [-0.4, -0.2) is 18.5 Å². The lowest BCUT2D eigenvalue weighted by Gasteiger charge is -2.26. The van der Waals surface area contributed by atoms with E-state index in [4.69, 9.17) is 4.18 Å². The van der Waals surface area contributed by atoms with Gasteiger partial charge in [-0.2, -0.15) is 21.6 Å². The van der Waals surface area contributed by atoms with Crippen molar-refractivity contribution in [3.05, 3.63) is 140 Å². The van der Waals surface area contributed by atoms with Crippen LogP contribution in [0.4, 0.5) is 30.2 Å². The van der Waals surface area contributed by atoms with E-state index in [1.54, 1.807) is 0 Å². The number of rotatable bonds is 6. The van der Waals surface area contributed by atoms with Crippen LogP contribution in [0, 0.1) is 0 Å². The van der Waals surface area contributed by atoms with Gasteiger partial charge in [0.2, 0.25) is 0 Å². The number of hydrogen-bond donors (Lipinski definition) is 0. The van der Waals surface area contributed by atoms with Crippen molar-refractivity contribution in [2.75, 3.05) is 4.90 Å². The average Bonchev–Trinajstić information content (AvgIpc) is 3.62. The van der Waals surface area contributed by atoms with Gasteiger partial charge in [-0.25, -0.2) is 0 Å². The molecule has 0 saturated heterocycles. The van der Waals surface area contributed by atoms with E-state index in [2.05, 4.69) is 4.90 Å². The van der Waals surface area contributed by atoms with Gasteiger partial charge in [0.1, 0.15) is 0 Å². The number of aromatic nitrogens is 1. The number of benzene rings is 6. The van der Waals surface area contributed by atoms with Crippen LogP contribution in [0.25, 0.3) is 47.7 Å². The van der Waals surface area contributed by atoms with Crippen LogP contribution in [0.3, 0.4) is 0 Å². The van der Waals surface area contributed by atoms with E-state index in [0.29, 0.717) is 11.1 Å². The molecular weight excluding hydrogens is 642 g/mol. The zero-order chi connectivity index (χ0) is 32.3. The normalized spacial score (nSPS) is 12.3. The Balaban J connectivity index is 1.49. The van der Waals surface area contributed by atoms with Crippen molar-refractivity contribution < 1.29 is 25.8 Å². The molecule has 2 heterocycles. The highest BCUT2D eigenvalue weighted by molar-refractivity contribution is 7.88. The summed E-state index contributed by atoms with van der Waals surface area (Å²) in [5.41, 5.74) is -1.000. The molecule has 0 bridgehead atoms. The second-order valence-electron chi connectivity index (χ2n) is 10.9. The zero-order valence-corrected chi connectivity index (χ0v) is 26.0. The van der Waals surface area contributed by atoms with E-state index < -0.39 is 21.4 Å². The molecule has 8 rings (SSSR count). The van der Waals surface area contributed by atoms with Crippen LogP contribution in [0.2, 0.25) is 0 Å². The van der Waals surface area contributed by atoms with E-state index in [0.717, 1.165) is 49.0 Å². The maximum absolute atomic E-state index is 13.7. The van der Waals surface area contributed by atoms with E-state index in [9.17, 15) is 21.6 Å². The highest BCUT2D eigenvalue weighted by atomic mass is 32.2. The van der Waals surface area contributed by atoms with Crippen molar-refractivity contribution in [1.82, 2.24) is 4.57 Å². The Morgan fingerprint density at radius 2 is 1.19 bits per heavy atom. The molecule has 10 heteroatoms. The molecule has 0 spiro atoms. The second kappa shape index (κ2) is 10.9. The number of fused-ring (bicyclic) bond motifs is 6. The first-order valence-corrected chi connectivity index (χ1v) is 16.8. The third kappa shape index (κ3) is 4.79. The first-order chi connectivity index (χ1) is 22.7. The van der Waals surface area contributed by atoms with Crippen molar-refractivity contribution in [2.45, 2.75) is 5.51 Å². The summed E-state index contributed by atoms with van der Waals surface area (Å²) in [7, 11) is -5.98. The number of halogens is 3. The Bertz CT molecular complexity index is 2470. The average molecular weight is 665 g/mol. The Hall–Kier alpha value is -5.32. The van der Waals surface area contributed by atoms with Crippen molar-refractivity contribution in [3.63, 3.8) is 0 Å². The van der Waals surface area contributed by atoms with Gasteiger partial charge in [-0.3, -0.25) is 0 Å². The van der Waals surface area contributed by atoms with Crippen molar-refractivity contribution in [3.8, 4) is 11.4 Å². The largest absolute Gasteiger partial charge is 0.534 e. The Kier molecular flexibility index (Phi) is 6.75. The van der Waals surface area contributed by atoms with Gasteiger partial charge < -0.3 is 13.7 Å². The summed E-state index contributed by atoms with van der Waals surface area (Å²) in [6.07, 6.45) is 0. The van der Waals surface area contributed by atoms with Crippen LogP contribution >= 0.6 is 11.3 Å². The van der Waals surface area contributed by atoms with Gasteiger partial charge in [0.25, 0.3) is 0 Å². The molecule has 0 fully saturated rings. The minimum atomic E-state index is -5.98. The predicted molar refractivity (Wildman–Crippen MR) is 184 cm³/mol. The third-order valence-corrected chi connectivity index (χ3v) is 10.3. The summed E-state index contributed by atoms with van der Waals surface area (Å²) < 4.78 is 74.1. The Morgan fingerprint density at radius 1 is 0.638 bits per heavy atom. The summed E-state index contributed by atoms with van der Waals surface area (Å²) in [5, 5.41) is 3.20. The first-order valence-electron chi connectivity index (χ1n) is 14.6. The van der Waals surface area contributed by atoms with Gasteiger partial charge in [0, 0.05) is 43.7 Å². The SMILES string of the molecule is O=S(=O)(Oc1cc(-n2c3ccccc3c3ccccc32)cc2c1sc1cccc(N(c3ccccc3)c3ccccc3)c12)C(F)(F)F. The van der Waals surface area contributed by atoms with Crippen LogP contribution in [-0.2, 0) is 10.1 Å². The third-order valence-electron chi connectivity index (χ3n) is 8.12. The highest BCUT2D eigenvalue weighted by Gasteiger charge is 2.49. The van der Waals surface area contributed by atoms with Gasteiger partial charge in [-0.1, -0.05) is 78.9 Å². The van der Waals surface area contributed by atoms with E-state index >= 15 is 0 Å². The number of anilines is 3. The Morgan fingerprint density at radius 3 is 1.77 bits per heavy atom. The minimum absolute atomic E-state index is 0.283. The number of hydrogen-bond acceptors (Lipinski definition) is 5. The molecule has 2 aromatic heterocycles. The first kappa shape index (κ1) is 29.1. The van der Waals surface area contributed by atoms with Gasteiger partial charge in [0.05, 0.1) is 27.1 Å². The lowest BCUT2D eigenvalue weighted by atomic mass is 10.1. The van der Waals surface area contributed by atoms with Crippen LogP contribution in [0.15, 0.2) is 140 Å². The number of nitrogens with zero attached hydrogens (tertiary/aromatic N) is 2. The standard InChI is InChI=1S/C37H23F3N2O3S2/c38-37(39,40)47(43,44)45-33-23-26(42-30-18-9-7-16-27(30)28-17-8-10-19-31(28)42)22-29-35-32(20-11-21-34(35)46-36(29)33)41(24-12-3-1-4-13-24)25-14-5-2-6-15-25/h1-23H. The fraction of sp³-hybridized carbons (Fsp3) is 0.0270. The van der Waals surface area contributed by atoms with Crippen molar-refractivity contribution in [2.24, 2.45) is 0 Å². The van der Waals surface area contributed by atoms with E-state index in [1.807, 2.05) is 138 Å². The fourth-order valence-corrected chi connectivity index (χ4v) is 7.86. The molecule has 0 aliphatic rings. The van der Waals surface area contributed by atoms with E-state index in [1.165, 1.54) is 17.4 Å². The molecule has 5 nitrogen and oxygen atoms in total. The summed E-state index contributed by atoms with van der Waals surface area (Å²) in [4.78, 5) is 2.08. The maximum atomic E-state index is 13.7. The molecule has 232 valence electrons. The fourth-order valence-electron chi connectivity index (χ4n) is 6.19. The van der Waals surface area contributed by atoms with Crippen LogP contribution in [0.5, 0.6) is 5.75 Å². The molecule has 0 unspecified atom stereocenters. The molecule has 8 aromatic rings. The lowest BCUT2D eigenvalue weighted by Crippen LogP contribution is -2.28. The molecule has 47 heavy (non-hydrogen) atoms. The molecule has 0 amide bonds. The quantitative estimate of drug-likeness (QED) is 0.131. The number of para-hydroxylation sites is 4. The molecule has 0 aliphatic heterocycles. The zero-order valence-electron chi connectivity index (χ0n) is 24.3. The summed E-state index contributed by atoms with van der Waals surface area (Å²) in [6, 6.07) is 43.9. The lowest BCUT2D eigenvalue weighted by molar-refractivity contribution is -0.0499. The van der Waals surface area contributed by atoms with Gasteiger partial charge in [-0.05, 0) is 54.6 Å². The smallest absolute Gasteiger partial charge is 0.374 e.